The highest BCUT2D eigenvalue weighted by molar-refractivity contribution is 5.38. The van der Waals surface area contributed by atoms with Crippen molar-refractivity contribution in [2.24, 2.45) is 0 Å². The molecule has 1 unspecified atom stereocenters. The predicted molar refractivity (Wildman–Crippen MR) is 87.4 cm³/mol. The molecule has 1 rings (SSSR count). The molecule has 0 aliphatic heterocycles. The molecule has 0 aliphatic rings. The molecule has 0 radical (unpaired) electrons. The van der Waals surface area contributed by atoms with Crippen molar-refractivity contribution in [2.45, 2.75) is 25.8 Å². The Morgan fingerprint density at radius 3 is 2.37 bits per heavy atom. The van der Waals surface area contributed by atoms with Gasteiger partial charge in [-0.15, -0.1) is 13.2 Å². The smallest absolute Gasteiger partial charge is 0.0522 e. The van der Waals surface area contributed by atoms with Gasteiger partial charge < -0.3 is 4.57 Å². The maximum Gasteiger partial charge on any atom is 0.0522 e. The van der Waals surface area contributed by atoms with Gasteiger partial charge in [-0.2, -0.15) is 0 Å². The average molecular weight is 253 g/mol. The van der Waals surface area contributed by atoms with Crippen LogP contribution in [0.4, 0.5) is 0 Å². The van der Waals surface area contributed by atoms with Crippen LogP contribution in [0.15, 0.2) is 37.5 Å². The molecule has 100 valence electrons. The molecular weight excluding hydrogens is 230 g/mol. The van der Waals surface area contributed by atoms with E-state index in [1.165, 1.54) is 0 Å². The van der Waals surface area contributed by atoms with E-state index in [2.05, 4.69) is 37.5 Å². The van der Waals surface area contributed by atoms with Gasteiger partial charge in [0.1, 0.15) is 0 Å². The summed E-state index contributed by atoms with van der Waals surface area (Å²) in [6.45, 7) is 22.1. The van der Waals surface area contributed by atoms with Crippen LogP contribution >= 0.6 is 0 Å². The average Bonchev–Trinajstić information content (AvgIpc) is 2.61. The zero-order chi connectivity index (χ0) is 14.4. The molecule has 0 aliphatic carbocycles. The summed E-state index contributed by atoms with van der Waals surface area (Å²) < 4.78 is 2.12. The number of hydrogen-bond donors (Lipinski definition) is 0. The van der Waals surface area contributed by atoms with E-state index in [4.69, 9.17) is 0 Å². The van der Waals surface area contributed by atoms with Crippen LogP contribution in [-0.2, 0) is 0 Å². The second-order valence-corrected chi connectivity index (χ2v) is 4.52. The lowest BCUT2D eigenvalue weighted by Crippen LogP contribution is -2.35. The van der Waals surface area contributed by atoms with E-state index in [9.17, 15) is 0 Å². The Morgan fingerprint density at radius 2 is 1.84 bits per heavy atom. The van der Waals surface area contributed by atoms with Crippen LogP contribution in [-0.4, -0.2) is 4.57 Å². The van der Waals surface area contributed by atoms with Crippen molar-refractivity contribution in [3.8, 4) is 0 Å². The Bertz CT molecular complexity index is 686. The Labute approximate surface area is 115 Å². The minimum Gasteiger partial charge on any atom is -0.335 e. The van der Waals surface area contributed by atoms with Crippen molar-refractivity contribution in [1.29, 1.82) is 0 Å². The summed E-state index contributed by atoms with van der Waals surface area (Å²) >= 11 is 0. The summed E-state index contributed by atoms with van der Waals surface area (Å²) in [7, 11) is 0. The molecule has 0 amide bonds. The molecular formula is C18H23N. The van der Waals surface area contributed by atoms with Crippen LogP contribution in [0.1, 0.15) is 25.8 Å². The van der Waals surface area contributed by atoms with E-state index in [1.54, 1.807) is 0 Å². The largest absolute Gasteiger partial charge is 0.335 e. The lowest BCUT2D eigenvalue weighted by molar-refractivity contribution is 0.543. The Kier molecular flexibility index (Phi) is 5.37. The van der Waals surface area contributed by atoms with Crippen LogP contribution in [0.2, 0.25) is 0 Å². The fraction of sp³-hybridized carbons (Fsp3) is 0.222. The second kappa shape index (κ2) is 6.79. The summed E-state index contributed by atoms with van der Waals surface area (Å²) in [6.07, 6.45) is 11.8. The van der Waals surface area contributed by atoms with Crippen molar-refractivity contribution in [3.63, 3.8) is 0 Å². The summed E-state index contributed by atoms with van der Waals surface area (Å²) in [5.41, 5.74) is 0. The zero-order valence-electron chi connectivity index (χ0n) is 11.9. The van der Waals surface area contributed by atoms with Gasteiger partial charge in [-0.3, -0.25) is 0 Å². The fourth-order valence-electron chi connectivity index (χ4n) is 2.20. The second-order valence-electron chi connectivity index (χ2n) is 4.52. The lowest BCUT2D eigenvalue weighted by atomic mass is 10.1. The third-order valence-electron chi connectivity index (χ3n) is 3.29. The first kappa shape index (κ1) is 15.0. The minimum absolute atomic E-state index is 0.186. The van der Waals surface area contributed by atoms with Crippen molar-refractivity contribution < 1.29 is 0 Å². The van der Waals surface area contributed by atoms with Crippen molar-refractivity contribution in [3.05, 3.63) is 58.6 Å². The molecule has 1 aromatic rings. The van der Waals surface area contributed by atoms with Gasteiger partial charge in [0.15, 0.2) is 0 Å². The van der Waals surface area contributed by atoms with E-state index >= 15 is 0 Å². The van der Waals surface area contributed by atoms with Gasteiger partial charge in [0.2, 0.25) is 0 Å². The molecule has 0 saturated carbocycles. The molecule has 1 heteroatoms. The lowest BCUT2D eigenvalue weighted by Gasteiger charge is -2.14. The van der Waals surface area contributed by atoms with Crippen LogP contribution in [0, 0.1) is 0 Å². The number of nitrogens with zero attached hydrogens (tertiary/aromatic N) is 1. The van der Waals surface area contributed by atoms with Crippen LogP contribution in [0.3, 0.4) is 0 Å². The van der Waals surface area contributed by atoms with Gasteiger partial charge in [-0.05, 0) is 25.0 Å². The highest BCUT2D eigenvalue weighted by Gasteiger charge is 2.08. The molecule has 1 aromatic heterocycles. The maximum atomic E-state index is 4.18. The number of rotatable bonds is 6. The van der Waals surface area contributed by atoms with Crippen molar-refractivity contribution in [1.82, 2.24) is 4.57 Å². The molecule has 1 nitrogen and oxygen atoms in total. The van der Waals surface area contributed by atoms with Gasteiger partial charge >= 0.3 is 0 Å². The third kappa shape index (κ3) is 3.05. The van der Waals surface area contributed by atoms with Gasteiger partial charge in [0, 0.05) is 15.9 Å². The topological polar surface area (TPSA) is 4.93 Å². The molecule has 1 heterocycles. The highest BCUT2D eigenvalue weighted by atomic mass is 15.0. The molecule has 0 N–H and O–H groups in total. The molecule has 0 fully saturated rings. The number of allylic oxidation sites excluding steroid dienone is 4. The van der Waals surface area contributed by atoms with Gasteiger partial charge in [-0.1, -0.05) is 50.1 Å². The first-order valence-electron chi connectivity index (χ1n) is 6.52. The minimum atomic E-state index is 0.186. The first-order chi connectivity index (χ1) is 9.08. The Balaban J connectivity index is 3.50. The monoisotopic (exact) mass is 253 g/mol. The Hall–Kier alpha value is -2.02. The number of aromatic nitrogens is 1. The normalized spacial score (nSPS) is 13.8. The van der Waals surface area contributed by atoms with Crippen LogP contribution in [0.25, 0.3) is 25.8 Å². The van der Waals surface area contributed by atoms with Gasteiger partial charge in [0.05, 0.1) is 6.04 Å². The van der Waals surface area contributed by atoms with E-state index in [0.717, 1.165) is 34.0 Å². The molecule has 0 bridgehead atoms. The quantitative estimate of drug-likeness (QED) is 0.681. The zero-order valence-corrected chi connectivity index (χ0v) is 11.9. The van der Waals surface area contributed by atoms with Crippen LogP contribution < -0.4 is 21.1 Å². The Morgan fingerprint density at radius 1 is 1.16 bits per heavy atom. The molecule has 0 saturated heterocycles. The van der Waals surface area contributed by atoms with Gasteiger partial charge in [-0.25, -0.2) is 0 Å². The standard InChI is InChI=1S/C18H23N/c1-7-10-12-17(9-3)19-15(5)14(4)18(16(19)6)13-11-8-2/h7-9,11,13,17H,1,3-6,10,12H2,2H3/b11-8-,18-13+. The predicted octanol–water partition coefficient (Wildman–Crippen LogP) is 1.77. The first-order valence-corrected chi connectivity index (χ1v) is 6.52. The molecule has 1 atom stereocenters. The SMILES string of the molecule is C=CCCC(C=C)n1c(=C)c(=C)/c(=C\C=C/C)c1=C. The summed E-state index contributed by atoms with van der Waals surface area (Å²) in [6, 6.07) is 0.186. The van der Waals surface area contributed by atoms with Gasteiger partial charge in [0.25, 0.3) is 0 Å². The summed E-state index contributed by atoms with van der Waals surface area (Å²) in [5, 5.41) is 3.85. The van der Waals surface area contributed by atoms with E-state index in [0.29, 0.717) is 0 Å². The number of hydrogen-bond acceptors (Lipinski definition) is 0. The van der Waals surface area contributed by atoms with Crippen LogP contribution in [0.5, 0.6) is 0 Å². The van der Waals surface area contributed by atoms with E-state index in [1.807, 2.05) is 37.3 Å². The molecule has 0 aromatic carbocycles. The third-order valence-corrected chi connectivity index (χ3v) is 3.29. The highest BCUT2D eigenvalue weighted by Crippen LogP contribution is 2.10. The fourth-order valence-corrected chi connectivity index (χ4v) is 2.20. The molecule has 0 spiro atoms. The van der Waals surface area contributed by atoms with E-state index in [-0.39, 0.29) is 6.04 Å². The van der Waals surface area contributed by atoms with Crippen molar-refractivity contribution >= 4 is 25.8 Å². The maximum absolute atomic E-state index is 4.18. The van der Waals surface area contributed by atoms with E-state index < -0.39 is 0 Å². The summed E-state index contributed by atoms with van der Waals surface area (Å²) in [4.78, 5) is 0. The summed E-state index contributed by atoms with van der Waals surface area (Å²) in [5.74, 6) is 0. The van der Waals surface area contributed by atoms with Crippen molar-refractivity contribution in [2.75, 3.05) is 0 Å². The molecule has 19 heavy (non-hydrogen) atoms.